The zero-order valence-corrected chi connectivity index (χ0v) is 15.4. The molecule has 0 unspecified atom stereocenters. The molecule has 0 atom stereocenters. The molecular weight excluding hydrogens is 377 g/mol. The second kappa shape index (κ2) is 7.81. The van der Waals surface area contributed by atoms with E-state index in [1.165, 1.54) is 12.1 Å². The van der Waals surface area contributed by atoms with Crippen molar-refractivity contribution in [2.24, 2.45) is 0 Å². The lowest BCUT2D eigenvalue weighted by Crippen LogP contribution is -2.28. The van der Waals surface area contributed by atoms with Gasteiger partial charge in [-0.3, -0.25) is 4.79 Å². The van der Waals surface area contributed by atoms with Gasteiger partial charge >= 0.3 is 5.63 Å². The quantitative estimate of drug-likeness (QED) is 0.664. The Morgan fingerprint density at radius 1 is 1.15 bits per heavy atom. The summed E-state index contributed by atoms with van der Waals surface area (Å²) in [4.78, 5) is 23.5. The number of fused-ring (bicyclic) bond motifs is 1. The Balaban J connectivity index is 1.65. The third-order valence-electron chi connectivity index (χ3n) is 3.77. The zero-order valence-electron chi connectivity index (χ0n) is 13.8. The van der Waals surface area contributed by atoms with Gasteiger partial charge in [0, 0.05) is 29.1 Å². The van der Waals surface area contributed by atoms with E-state index < -0.39 is 5.63 Å². The number of carbonyl (C=O) groups excluding carboxylic acids is 1. The summed E-state index contributed by atoms with van der Waals surface area (Å²) < 4.78 is 10.6. The van der Waals surface area contributed by atoms with Crippen LogP contribution in [0.15, 0.2) is 51.7 Å². The van der Waals surface area contributed by atoms with Crippen LogP contribution < -0.4 is 15.7 Å². The highest BCUT2D eigenvalue weighted by molar-refractivity contribution is 6.32. The van der Waals surface area contributed by atoms with Crippen molar-refractivity contribution < 1.29 is 13.9 Å². The molecule has 0 saturated carbocycles. The molecular formula is C19H15Cl2NO4. The molecule has 3 rings (SSSR count). The standard InChI is InChI=1S/C19H15Cl2NO4/c1-11-6-19(24)26-16-8-17(15(21)7-14(11)16)25-10-18(23)22-9-12-2-4-13(20)5-3-12/h2-8H,9-10H2,1H3,(H,22,23). The van der Waals surface area contributed by atoms with Crippen molar-refractivity contribution in [2.45, 2.75) is 13.5 Å². The minimum Gasteiger partial charge on any atom is -0.482 e. The highest BCUT2D eigenvalue weighted by Crippen LogP contribution is 2.30. The van der Waals surface area contributed by atoms with Crippen LogP contribution in [0.1, 0.15) is 11.1 Å². The predicted octanol–water partition coefficient (Wildman–Crippen LogP) is 4.10. The molecule has 0 radical (unpaired) electrons. The van der Waals surface area contributed by atoms with Gasteiger partial charge in [-0.05, 0) is 36.2 Å². The molecule has 3 aromatic rings. The van der Waals surface area contributed by atoms with Crippen LogP contribution >= 0.6 is 23.2 Å². The monoisotopic (exact) mass is 391 g/mol. The molecule has 5 nitrogen and oxygen atoms in total. The molecule has 2 aromatic carbocycles. The maximum Gasteiger partial charge on any atom is 0.336 e. The summed E-state index contributed by atoms with van der Waals surface area (Å²) in [7, 11) is 0. The van der Waals surface area contributed by atoms with E-state index in [0.29, 0.717) is 27.6 Å². The average molecular weight is 392 g/mol. The van der Waals surface area contributed by atoms with E-state index in [1.807, 2.05) is 12.1 Å². The minimum absolute atomic E-state index is 0.213. The number of carbonyl (C=O) groups is 1. The normalized spacial score (nSPS) is 10.7. The van der Waals surface area contributed by atoms with E-state index in [0.717, 1.165) is 11.1 Å². The van der Waals surface area contributed by atoms with Crippen molar-refractivity contribution in [1.82, 2.24) is 5.32 Å². The summed E-state index contributed by atoms with van der Waals surface area (Å²) in [5.74, 6) is -0.0311. The highest BCUT2D eigenvalue weighted by Gasteiger charge is 2.11. The van der Waals surface area contributed by atoms with Gasteiger partial charge in [-0.1, -0.05) is 35.3 Å². The van der Waals surface area contributed by atoms with E-state index in [9.17, 15) is 9.59 Å². The number of rotatable bonds is 5. The van der Waals surface area contributed by atoms with Crippen LogP contribution in [0.25, 0.3) is 11.0 Å². The summed E-state index contributed by atoms with van der Waals surface area (Å²) >= 11 is 12.0. The first kappa shape index (κ1) is 18.3. The minimum atomic E-state index is -0.455. The first-order valence-corrected chi connectivity index (χ1v) is 8.56. The predicted molar refractivity (Wildman–Crippen MR) is 101 cm³/mol. The summed E-state index contributed by atoms with van der Waals surface area (Å²) in [6.07, 6.45) is 0. The van der Waals surface area contributed by atoms with Gasteiger partial charge in [-0.25, -0.2) is 4.79 Å². The number of halogens is 2. The molecule has 0 aliphatic rings. The SMILES string of the molecule is Cc1cc(=O)oc2cc(OCC(=O)NCc3ccc(Cl)cc3)c(Cl)cc12. The Morgan fingerprint density at radius 3 is 2.62 bits per heavy atom. The smallest absolute Gasteiger partial charge is 0.336 e. The molecule has 0 fully saturated rings. The second-order valence-electron chi connectivity index (χ2n) is 5.72. The molecule has 1 amide bonds. The van der Waals surface area contributed by atoms with Crippen LogP contribution in [-0.4, -0.2) is 12.5 Å². The Hall–Kier alpha value is -2.50. The van der Waals surface area contributed by atoms with Crippen LogP contribution in [0.2, 0.25) is 10.0 Å². The number of nitrogens with one attached hydrogen (secondary N) is 1. The lowest BCUT2D eigenvalue weighted by atomic mass is 10.1. The van der Waals surface area contributed by atoms with Crippen LogP contribution in [-0.2, 0) is 11.3 Å². The fourth-order valence-corrected chi connectivity index (χ4v) is 2.77. The molecule has 1 aromatic heterocycles. The van der Waals surface area contributed by atoms with Gasteiger partial charge in [0.2, 0.25) is 0 Å². The van der Waals surface area contributed by atoms with Gasteiger partial charge in [-0.2, -0.15) is 0 Å². The van der Waals surface area contributed by atoms with Crippen LogP contribution in [0, 0.1) is 6.92 Å². The van der Waals surface area contributed by atoms with Gasteiger partial charge in [0.05, 0.1) is 5.02 Å². The third kappa shape index (κ3) is 4.36. The number of hydrogen-bond donors (Lipinski definition) is 1. The molecule has 0 bridgehead atoms. The molecule has 1 heterocycles. The zero-order chi connectivity index (χ0) is 18.7. The van der Waals surface area contributed by atoms with Gasteiger partial charge in [0.1, 0.15) is 11.3 Å². The molecule has 0 aliphatic carbocycles. The molecule has 0 saturated heterocycles. The van der Waals surface area contributed by atoms with Crippen LogP contribution in [0.3, 0.4) is 0 Å². The van der Waals surface area contributed by atoms with E-state index in [4.69, 9.17) is 32.4 Å². The second-order valence-corrected chi connectivity index (χ2v) is 6.56. The summed E-state index contributed by atoms with van der Waals surface area (Å²) in [6, 6.07) is 11.7. The Labute approximate surface area is 159 Å². The highest BCUT2D eigenvalue weighted by atomic mass is 35.5. The third-order valence-corrected chi connectivity index (χ3v) is 4.31. The van der Waals surface area contributed by atoms with Gasteiger partial charge in [0.15, 0.2) is 6.61 Å². The first-order valence-electron chi connectivity index (χ1n) is 7.80. The van der Waals surface area contributed by atoms with E-state index in [1.54, 1.807) is 25.1 Å². The van der Waals surface area contributed by atoms with Crippen molar-refractivity contribution in [2.75, 3.05) is 6.61 Å². The van der Waals surface area contributed by atoms with Crippen molar-refractivity contribution >= 4 is 40.1 Å². The van der Waals surface area contributed by atoms with Crippen molar-refractivity contribution in [3.63, 3.8) is 0 Å². The van der Waals surface area contributed by atoms with E-state index in [-0.39, 0.29) is 18.3 Å². The molecule has 1 N–H and O–H groups in total. The molecule has 26 heavy (non-hydrogen) atoms. The van der Waals surface area contributed by atoms with Crippen molar-refractivity contribution in [3.05, 3.63) is 74.1 Å². The fraction of sp³-hybridized carbons (Fsp3) is 0.158. The lowest BCUT2D eigenvalue weighted by Gasteiger charge is -2.10. The largest absolute Gasteiger partial charge is 0.482 e. The lowest BCUT2D eigenvalue weighted by molar-refractivity contribution is -0.123. The number of aryl methyl sites for hydroxylation is 1. The molecule has 0 spiro atoms. The molecule has 7 heteroatoms. The number of benzene rings is 2. The maximum absolute atomic E-state index is 12.0. The Kier molecular flexibility index (Phi) is 5.49. The fourth-order valence-electron chi connectivity index (χ4n) is 2.43. The first-order chi connectivity index (χ1) is 12.4. The van der Waals surface area contributed by atoms with E-state index >= 15 is 0 Å². The van der Waals surface area contributed by atoms with Crippen molar-refractivity contribution in [3.8, 4) is 5.75 Å². The number of hydrogen-bond acceptors (Lipinski definition) is 4. The number of amides is 1. The van der Waals surface area contributed by atoms with Gasteiger partial charge in [-0.15, -0.1) is 0 Å². The summed E-state index contributed by atoms with van der Waals surface area (Å²) in [5, 5.41) is 4.43. The number of ether oxygens (including phenoxy) is 1. The summed E-state index contributed by atoms with van der Waals surface area (Å²) in [6.45, 7) is 1.94. The topological polar surface area (TPSA) is 68.5 Å². The summed E-state index contributed by atoms with van der Waals surface area (Å²) in [5.41, 5.74) is 1.58. The van der Waals surface area contributed by atoms with Crippen LogP contribution in [0.4, 0.5) is 0 Å². The Morgan fingerprint density at radius 2 is 1.88 bits per heavy atom. The van der Waals surface area contributed by atoms with Crippen LogP contribution in [0.5, 0.6) is 5.75 Å². The van der Waals surface area contributed by atoms with E-state index in [2.05, 4.69) is 5.32 Å². The van der Waals surface area contributed by atoms with Gasteiger partial charge < -0.3 is 14.5 Å². The molecule has 0 aliphatic heterocycles. The Bertz CT molecular complexity index is 1010. The average Bonchev–Trinajstić information content (AvgIpc) is 2.60. The van der Waals surface area contributed by atoms with Gasteiger partial charge in [0.25, 0.3) is 5.91 Å². The maximum atomic E-state index is 12.0. The van der Waals surface area contributed by atoms with Crippen molar-refractivity contribution in [1.29, 1.82) is 0 Å². The molecule has 134 valence electrons.